The number of hydrogen-bond donors (Lipinski definition) is 0. The van der Waals surface area contributed by atoms with Gasteiger partial charge in [0.05, 0.1) is 0 Å². The van der Waals surface area contributed by atoms with Crippen molar-refractivity contribution in [1.29, 1.82) is 0 Å². The Labute approximate surface area is 307 Å². The van der Waals surface area contributed by atoms with E-state index < -0.39 is 23.0 Å². The number of hydrogen-bond acceptors (Lipinski definition) is 9. The molecule has 0 N–H and O–H groups in total. The van der Waals surface area contributed by atoms with Crippen molar-refractivity contribution in [3.63, 3.8) is 0 Å². The molecule has 3 spiro atoms. The van der Waals surface area contributed by atoms with Crippen LogP contribution in [0.3, 0.4) is 0 Å². The zero-order chi connectivity index (χ0) is 35.2. The van der Waals surface area contributed by atoms with Crippen molar-refractivity contribution in [2.75, 3.05) is 0 Å². The number of fused-ring (bicyclic) bond motifs is 18. The summed E-state index contributed by atoms with van der Waals surface area (Å²) in [5.41, 5.74) is 0. The number of rotatable bonds is 0. The molecule has 0 unspecified atom stereocenters. The van der Waals surface area contributed by atoms with Crippen LogP contribution in [0.2, 0.25) is 0 Å². The smallest absolute Gasteiger partial charge is 0.409 e. The minimum absolute atomic E-state index is 0.559. The maximum Gasteiger partial charge on any atom is 0.461 e. The summed E-state index contributed by atoms with van der Waals surface area (Å²) in [7, 11) is -11.1. The van der Waals surface area contributed by atoms with E-state index in [9.17, 15) is 0 Å². The second-order valence-corrected chi connectivity index (χ2v) is 19.7. The van der Waals surface area contributed by atoms with Gasteiger partial charge in [0.25, 0.3) is 0 Å². The molecule has 0 fully saturated rings. The fourth-order valence-corrected chi connectivity index (χ4v) is 17.4. The van der Waals surface area contributed by atoms with E-state index in [-0.39, 0.29) is 0 Å². The Kier molecular flexibility index (Phi) is 5.55. The van der Waals surface area contributed by atoms with Gasteiger partial charge in [-0.05, 0) is 32.3 Å². The average Bonchev–Trinajstić information content (AvgIpc) is 3.89. The lowest BCUT2D eigenvalue weighted by Gasteiger charge is -2.24. The Bertz CT molecular complexity index is 2840. The molecule has 0 aromatic heterocycles. The van der Waals surface area contributed by atoms with Crippen LogP contribution in [-0.2, 0) is 0 Å². The normalized spacial score (nSPS) is 17.6. The van der Waals surface area contributed by atoms with Gasteiger partial charge in [-0.3, -0.25) is 0 Å². The van der Waals surface area contributed by atoms with Crippen molar-refractivity contribution in [3.05, 3.63) is 146 Å². The molecule has 12 heteroatoms. The highest BCUT2D eigenvalue weighted by molar-refractivity contribution is 7.79. The van der Waals surface area contributed by atoms with Gasteiger partial charge in [-0.25, -0.2) is 0 Å². The molecule has 0 radical (unpaired) electrons. The molecular weight excluding hydrogens is 735 g/mol. The standard InChI is InChI=1S/C42H24N3O6P3/c1-7-19-31-25(13-1)26-14-2-8-20-32(26)38-37(31)46-52(47-38)43-53(48-39-33-21-9-3-15-27(33)28-16-4-10-22-34(28)40(39)49-53)45-54(44-52)50-41-35-23-11-5-17-29(35)30-18-6-12-24-36(30)42(41)51-54/h1-24H. The van der Waals surface area contributed by atoms with Crippen LogP contribution < -0.4 is 27.1 Å². The minimum Gasteiger partial charge on any atom is -0.409 e. The molecule has 4 aliphatic rings. The Morgan fingerprint density at radius 1 is 0.222 bits per heavy atom. The van der Waals surface area contributed by atoms with Gasteiger partial charge in [-0.15, -0.1) is 0 Å². The second kappa shape index (κ2) is 10.2. The van der Waals surface area contributed by atoms with Crippen LogP contribution in [0.5, 0.6) is 34.5 Å². The predicted octanol–water partition coefficient (Wildman–Crippen LogP) is 14.2. The summed E-state index contributed by atoms with van der Waals surface area (Å²) in [6, 6.07) is 48.8. The summed E-state index contributed by atoms with van der Waals surface area (Å²) in [5, 5.41) is 11.5. The average molecular weight is 760 g/mol. The van der Waals surface area contributed by atoms with Gasteiger partial charge in [-0.2, -0.15) is 0 Å². The molecule has 258 valence electrons. The Hall–Kier alpha value is -5.97. The first-order chi connectivity index (χ1) is 26.6. The highest BCUT2D eigenvalue weighted by Crippen LogP contribution is 2.85. The Morgan fingerprint density at radius 3 is 0.537 bits per heavy atom. The molecule has 9 nitrogen and oxygen atoms in total. The molecule has 4 aliphatic heterocycles. The monoisotopic (exact) mass is 759 g/mol. The lowest BCUT2D eigenvalue weighted by Crippen LogP contribution is -2.02. The summed E-state index contributed by atoms with van der Waals surface area (Å²) in [4.78, 5) is 0. The molecule has 0 bridgehead atoms. The van der Waals surface area contributed by atoms with E-state index in [1.807, 2.05) is 109 Å². The largest absolute Gasteiger partial charge is 0.461 e. The van der Waals surface area contributed by atoms with Crippen LogP contribution >= 0.6 is 23.0 Å². The van der Waals surface area contributed by atoms with E-state index in [1.165, 1.54) is 0 Å². The van der Waals surface area contributed by atoms with Crippen LogP contribution in [0.15, 0.2) is 159 Å². The first-order valence-corrected chi connectivity index (χ1v) is 22.1. The summed E-state index contributed by atoms with van der Waals surface area (Å²) >= 11 is 0. The van der Waals surface area contributed by atoms with E-state index in [4.69, 9.17) is 40.7 Å². The van der Waals surface area contributed by atoms with Gasteiger partial charge in [0, 0.05) is 32.3 Å². The topological polar surface area (TPSA) is 92.5 Å². The van der Waals surface area contributed by atoms with Gasteiger partial charge in [0.1, 0.15) is 0 Å². The predicted molar refractivity (Wildman–Crippen MR) is 216 cm³/mol. The maximum atomic E-state index is 7.01. The molecule has 0 saturated heterocycles. The van der Waals surface area contributed by atoms with Gasteiger partial charge in [0.2, 0.25) is 0 Å². The number of benzene rings is 9. The molecule has 0 amide bonds. The molecule has 9 aromatic carbocycles. The van der Waals surface area contributed by atoms with Crippen molar-refractivity contribution >= 4 is 87.6 Å². The third-order valence-electron chi connectivity index (χ3n) is 10.5. The van der Waals surface area contributed by atoms with Crippen LogP contribution in [0.1, 0.15) is 0 Å². The van der Waals surface area contributed by atoms with Gasteiger partial charge in [0.15, 0.2) is 34.5 Å². The van der Waals surface area contributed by atoms with Crippen molar-refractivity contribution in [2.24, 2.45) is 13.5 Å². The van der Waals surface area contributed by atoms with Crippen LogP contribution in [0, 0.1) is 0 Å². The highest BCUT2D eigenvalue weighted by Gasteiger charge is 2.56. The summed E-state index contributed by atoms with van der Waals surface area (Å²) < 4.78 is 57.9. The first kappa shape index (κ1) is 29.5. The molecule has 13 rings (SSSR count). The van der Waals surface area contributed by atoms with Crippen molar-refractivity contribution in [3.8, 4) is 34.5 Å². The van der Waals surface area contributed by atoms with Crippen molar-refractivity contribution in [1.82, 2.24) is 0 Å². The van der Waals surface area contributed by atoms with Crippen molar-refractivity contribution in [2.45, 2.75) is 0 Å². The maximum absolute atomic E-state index is 7.01. The third-order valence-corrected chi connectivity index (χ3v) is 18.4. The third kappa shape index (κ3) is 3.83. The zero-order valence-electron chi connectivity index (χ0n) is 28.0. The molecule has 4 heterocycles. The Balaban J connectivity index is 1.11. The van der Waals surface area contributed by atoms with E-state index in [0.717, 1.165) is 64.6 Å². The highest BCUT2D eigenvalue weighted by atomic mass is 31.3. The van der Waals surface area contributed by atoms with Crippen LogP contribution in [-0.4, -0.2) is 0 Å². The summed E-state index contributed by atoms with van der Waals surface area (Å²) in [5.74, 6) is 3.35. The van der Waals surface area contributed by atoms with E-state index in [0.29, 0.717) is 34.5 Å². The lowest BCUT2D eigenvalue weighted by molar-refractivity contribution is 0.522. The molecule has 0 atom stereocenters. The van der Waals surface area contributed by atoms with Crippen LogP contribution in [0.25, 0.3) is 64.6 Å². The zero-order valence-corrected chi connectivity index (χ0v) is 30.7. The van der Waals surface area contributed by atoms with E-state index in [1.54, 1.807) is 0 Å². The molecule has 9 aromatic rings. The molecule has 0 aliphatic carbocycles. The first-order valence-electron chi connectivity index (χ1n) is 17.5. The van der Waals surface area contributed by atoms with Gasteiger partial charge in [-0.1, -0.05) is 159 Å². The Morgan fingerprint density at radius 2 is 0.370 bits per heavy atom. The quantitative estimate of drug-likeness (QED) is 0.113. The summed E-state index contributed by atoms with van der Waals surface area (Å²) in [6.07, 6.45) is 0. The van der Waals surface area contributed by atoms with Crippen molar-refractivity contribution < 1.29 is 27.1 Å². The van der Waals surface area contributed by atoms with Gasteiger partial charge >= 0.3 is 23.0 Å². The molecular formula is C42H24N3O6P3. The minimum atomic E-state index is -3.70. The fraction of sp³-hybridized carbons (Fsp3) is 0. The fourth-order valence-electron chi connectivity index (χ4n) is 8.24. The number of nitrogens with zero attached hydrogens (tertiary/aromatic N) is 3. The molecule has 54 heavy (non-hydrogen) atoms. The summed E-state index contributed by atoms with van der Waals surface area (Å²) in [6.45, 7) is 0. The van der Waals surface area contributed by atoms with Gasteiger partial charge < -0.3 is 27.1 Å². The molecule has 0 saturated carbocycles. The lowest BCUT2D eigenvalue weighted by atomic mass is 10.0. The second-order valence-electron chi connectivity index (χ2n) is 13.5. The SMILES string of the molecule is c1ccc2c(c1)c1c(c3ccccc32)OP2(=NP3(=NP4(=N2)Oc2c(c5ccccc5c5ccccc25)O4)Oc2c(c4ccccc4c4ccccc24)O3)O1. The van der Waals surface area contributed by atoms with E-state index in [2.05, 4.69) is 36.4 Å². The van der Waals surface area contributed by atoms with E-state index >= 15 is 0 Å². The van der Waals surface area contributed by atoms with Crippen LogP contribution in [0.4, 0.5) is 0 Å².